The first kappa shape index (κ1) is 17.2. The van der Waals surface area contributed by atoms with E-state index in [1.165, 1.54) is 18.7 Å². The Morgan fingerprint density at radius 3 is 2.41 bits per heavy atom. The number of aliphatic hydroxyl groups is 3. The number of rotatable bonds is 4. The Balaban J connectivity index is 2.05. The largest absolute Gasteiger partial charge is 0.463 e. The summed E-state index contributed by atoms with van der Waals surface area (Å²) < 4.78 is 10.4. The molecule has 7 heteroatoms. The van der Waals surface area contributed by atoms with Gasteiger partial charge in [-0.15, -0.1) is 0 Å². The molecule has 2 rings (SSSR count). The van der Waals surface area contributed by atoms with Crippen LogP contribution in [-0.2, 0) is 14.3 Å². The molecule has 6 nitrogen and oxygen atoms in total. The highest BCUT2D eigenvalue weighted by molar-refractivity contribution is 7.99. The Kier molecular flexibility index (Phi) is 5.82. The molecule has 0 aliphatic carbocycles. The van der Waals surface area contributed by atoms with E-state index in [9.17, 15) is 20.1 Å². The zero-order valence-corrected chi connectivity index (χ0v) is 13.2. The van der Waals surface area contributed by atoms with Crippen molar-refractivity contribution in [3.05, 3.63) is 29.8 Å². The van der Waals surface area contributed by atoms with E-state index in [0.717, 1.165) is 10.5 Å². The topological polar surface area (TPSA) is 96.2 Å². The van der Waals surface area contributed by atoms with E-state index >= 15 is 0 Å². The third kappa shape index (κ3) is 4.21. The van der Waals surface area contributed by atoms with Gasteiger partial charge in [0, 0.05) is 11.8 Å². The first-order chi connectivity index (χ1) is 10.4. The highest BCUT2D eigenvalue weighted by Crippen LogP contribution is 2.33. The molecule has 0 aromatic heterocycles. The standard InChI is InChI=1S/C15H20O6S/c1-8-3-5-10(6-4-8)22-15-14(19)13(18)12(17)11(21-15)7-20-9(2)16/h3-6,11-15,17-19H,7H2,1-2H3/t11?,12-,13?,14-,15-/m0/s1. The van der Waals surface area contributed by atoms with Crippen LogP contribution in [0.5, 0.6) is 0 Å². The fourth-order valence-electron chi connectivity index (χ4n) is 2.10. The second kappa shape index (κ2) is 7.43. The number of benzene rings is 1. The van der Waals surface area contributed by atoms with Crippen molar-refractivity contribution in [1.82, 2.24) is 0 Å². The molecule has 0 spiro atoms. The molecule has 1 aromatic carbocycles. The lowest BCUT2D eigenvalue weighted by Crippen LogP contribution is -2.57. The van der Waals surface area contributed by atoms with Crippen molar-refractivity contribution in [1.29, 1.82) is 0 Å². The van der Waals surface area contributed by atoms with Crippen LogP contribution in [0.4, 0.5) is 0 Å². The van der Waals surface area contributed by atoms with Crippen molar-refractivity contribution in [2.75, 3.05) is 6.61 Å². The van der Waals surface area contributed by atoms with Crippen molar-refractivity contribution in [2.45, 2.75) is 48.6 Å². The van der Waals surface area contributed by atoms with Crippen molar-refractivity contribution in [3.8, 4) is 0 Å². The number of ether oxygens (including phenoxy) is 2. The molecule has 1 aromatic rings. The SMILES string of the molecule is CC(=O)OCC1O[C@@H](Sc2ccc(C)cc2)[C@@H](O)C(O)[C@H]1O. The number of thioether (sulfide) groups is 1. The molecule has 1 aliphatic rings. The van der Waals surface area contributed by atoms with E-state index in [0.29, 0.717) is 0 Å². The quantitative estimate of drug-likeness (QED) is 0.691. The number of carbonyl (C=O) groups excluding carboxylic acids is 1. The molecule has 0 saturated carbocycles. The number of aryl methyl sites for hydroxylation is 1. The molecule has 122 valence electrons. The minimum Gasteiger partial charge on any atom is -0.463 e. The van der Waals surface area contributed by atoms with Gasteiger partial charge in [0.15, 0.2) is 0 Å². The van der Waals surface area contributed by atoms with Crippen LogP contribution in [-0.4, -0.2) is 57.7 Å². The van der Waals surface area contributed by atoms with E-state index < -0.39 is 35.8 Å². The van der Waals surface area contributed by atoms with Crippen LogP contribution in [0.1, 0.15) is 12.5 Å². The van der Waals surface area contributed by atoms with Crippen molar-refractivity contribution < 1.29 is 29.6 Å². The van der Waals surface area contributed by atoms with Gasteiger partial charge in [-0.2, -0.15) is 0 Å². The van der Waals surface area contributed by atoms with Crippen LogP contribution in [0.15, 0.2) is 29.2 Å². The van der Waals surface area contributed by atoms with Gasteiger partial charge in [0.05, 0.1) is 0 Å². The maximum Gasteiger partial charge on any atom is 0.302 e. The number of hydrogen-bond acceptors (Lipinski definition) is 7. The normalized spacial score (nSPS) is 31.8. The van der Waals surface area contributed by atoms with Crippen molar-refractivity contribution in [3.63, 3.8) is 0 Å². The van der Waals surface area contributed by atoms with E-state index in [-0.39, 0.29) is 6.61 Å². The number of esters is 1. The second-order valence-electron chi connectivity index (χ2n) is 5.25. The van der Waals surface area contributed by atoms with Crippen LogP contribution < -0.4 is 0 Å². The smallest absolute Gasteiger partial charge is 0.302 e. The maximum atomic E-state index is 10.9. The summed E-state index contributed by atoms with van der Waals surface area (Å²) in [6.45, 7) is 3.04. The first-order valence-electron chi connectivity index (χ1n) is 6.95. The Bertz CT molecular complexity index is 505. The summed E-state index contributed by atoms with van der Waals surface area (Å²) in [4.78, 5) is 11.7. The van der Waals surface area contributed by atoms with Crippen LogP contribution in [0.3, 0.4) is 0 Å². The fraction of sp³-hybridized carbons (Fsp3) is 0.533. The lowest BCUT2D eigenvalue weighted by atomic mass is 10.0. The van der Waals surface area contributed by atoms with Crippen LogP contribution in [0.25, 0.3) is 0 Å². The Labute approximate surface area is 133 Å². The number of hydrogen-bond donors (Lipinski definition) is 3. The molecule has 0 bridgehead atoms. The predicted octanol–water partition coefficient (Wildman–Crippen LogP) is 0.458. The lowest BCUT2D eigenvalue weighted by molar-refractivity contribution is -0.210. The fourth-order valence-corrected chi connectivity index (χ4v) is 3.16. The van der Waals surface area contributed by atoms with Crippen molar-refractivity contribution >= 4 is 17.7 Å². The monoisotopic (exact) mass is 328 g/mol. The van der Waals surface area contributed by atoms with Gasteiger partial charge in [0.1, 0.15) is 36.5 Å². The molecule has 1 saturated heterocycles. The molecule has 22 heavy (non-hydrogen) atoms. The summed E-state index contributed by atoms with van der Waals surface area (Å²) in [5.41, 5.74) is 0.347. The summed E-state index contributed by atoms with van der Waals surface area (Å²) in [5.74, 6) is -0.501. The minimum absolute atomic E-state index is 0.175. The summed E-state index contributed by atoms with van der Waals surface area (Å²) in [6.07, 6.45) is -4.80. The third-order valence-electron chi connectivity index (χ3n) is 3.39. The van der Waals surface area contributed by atoms with Crippen LogP contribution in [0.2, 0.25) is 0 Å². The van der Waals surface area contributed by atoms with Gasteiger partial charge in [-0.1, -0.05) is 29.5 Å². The molecule has 1 fully saturated rings. The van der Waals surface area contributed by atoms with Gasteiger partial charge in [0.2, 0.25) is 0 Å². The second-order valence-corrected chi connectivity index (χ2v) is 6.42. The van der Waals surface area contributed by atoms with E-state index in [4.69, 9.17) is 9.47 Å². The lowest BCUT2D eigenvalue weighted by Gasteiger charge is -2.39. The van der Waals surface area contributed by atoms with E-state index in [1.807, 2.05) is 31.2 Å². The highest BCUT2D eigenvalue weighted by atomic mass is 32.2. The van der Waals surface area contributed by atoms with Gasteiger partial charge in [-0.05, 0) is 19.1 Å². The first-order valence-corrected chi connectivity index (χ1v) is 7.83. The summed E-state index contributed by atoms with van der Waals surface area (Å²) >= 11 is 1.24. The summed E-state index contributed by atoms with van der Waals surface area (Å²) in [6, 6.07) is 7.63. The highest BCUT2D eigenvalue weighted by Gasteiger charge is 2.44. The van der Waals surface area contributed by atoms with Gasteiger partial charge < -0.3 is 24.8 Å². The molecule has 0 amide bonds. The zero-order valence-electron chi connectivity index (χ0n) is 12.4. The molecule has 1 aliphatic heterocycles. The molecule has 3 N–H and O–H groups in total. The zero-order chi connectivity index (χ0) is 16.3. The van der Waals surface area contributed by atoms with Gasteiger partial charge in [0.25, 0.3) is 0 Å². The number of carbonyl (C=O) groups is 1. The summed E-state index contributed by atoms with van der Waals surface area (Å²) in [5, 5.41) is 29.9. The number of aliphatic hydroxyl groups excluding tert-OH is 3. The van der Waals surface area contributed by atoms with E-state index in [1.54, 1.807) is 0 Å². The van der Waals surface area contributed by atoms with Gasteiger partial charge >= 0.3 is 5.97 Å². The summed E-state index contributed by atoms with van der Waals surface area (Å²) in [7, 11) is 0. The maximum absolute atomic E-state index is 10.9. The molecular weight excluding hydrogens is 308 g/mol. The Hall–Kier alpha value is -1.12. The van der Waals surface area contributed by atoms with Crippen LogP contribution in [0, 0.1) is 6.92 Å². The molecule has 2 unspecified atom stereocenters. The van der Waals surface area contributed by atoms with Gasteiger partial charge in [-0.25, -0.2) is 0 Å². The van der Waals surface area contributed by atoms with Crippen molar-refractivity contribution in [2.24, 2.45) is 0 Å². The molecule has 1 heterocycles. The third-order valence-corrected chi connectivity index (χ3v) is 4.56. The molecular formula is C15H20O6S. The average Bonchev–Trinajstić information content (AvgIpc) is 2.48. The average molecular weight is 328 g/mol. The molecule has 0 radical (unpaired) electrons. The Morgan fingerprint density at radius 1 is 1.18 bits per heavy atom. The van der Waals surface area contributed by atoms with Crippen LogP contribution >= 0.6 is 11.8 Å². The minimum atomic E-state index is -1.36. The van der Waals surface area contributed by atoms with E-state index in [2.05, 4.69) is 0 Å². The van der Waals surface area contributed by atoms with Gasteiger partial charge in [-0.3, -0.25) is 4.79 Å². The predicted molar refractivity (Wildman–Crippen MR) is 80.4 cm³/mol. The molecule has 5 atom stereocenters. The Morgan fingerprint density at radius 2 is 1.82 bits per heavy atom.